The van der Waals surface area contributed by atoms with Crippen LogP contribution in [0, 0.1) is 0 Å². The molecule has 1 saturated heterocycles. The van der Waals surface area contributed by atoms with Crippen molar-refractivity contribution >= 4 is 11.9 Å². The zero-order valence-electron chi connectivity index (χ0n) is 26.7. The van der Waals surface area contributed by atoms with E-state index in [1.54, 1.807) is 0 Å². The van der Waals surface area contributed by atoms with E-state index in [1.165, 1.54) is 25.7 Å². The third-order valence-corrected chi connectivity index (χ3v) is 7.65. The smallest absolute Gasteiger partial charge is 0.306 e. The first kappa shape index (κ1) is 39.5. The molecular formula is C33H60O10. The summed E-state index contributed by atoms with van der Waals surface area (Å²) < 4.78 is 21.8. The van der Waals surface area contributed by atoms with Crippen LogP contribution in [0.2, 0.25) is 0 Å². The molecule has 0 amide bonds. The van der Waals surface area contributed by atoms with Crippen LogP contribution in [0.5, 0.6) is 0 Å². The van der Waals surface area contributed by atoms with Gasteiger partial charge < -0.3 is 39.4 Å². The SMILES string of the molecule is CCCCC/C=C\CCCCCCCC(=O)OC(COC(=O)CCCCCCCC)COC1OC(CO)C(O)C(O)C1O. The maximum Gasteiger partial charge on any atom is 0.306 e. The fraction of sp³-hybridized carbons (Fsp3) is 0.879. The van der Waals surface area contributed by atoms with Gasteiger partial charge >= 0.3 is 11.9 Å². The molecule has 0 spiro atoms. The van der Waals surface area contributed by atoms with E-state index in [0.29, 0.717) is 6.42 Å². The van der Waals surface area contributed by atoms with E-state index in [2.05, 4.69) is 26.0 Å². The molecule has 6 unspecified atom stereocenters. The summed E-state index contributed by atoms with van der Waals surface area (Å²) in [6.07, 6.45) is 14.0. The third kappa shape index (κ3) is 18.8. The van der Waals surface area contributed by atoms with Gasteiger partial charge in [0.15, 0.2) is 12.4 Å². The van der Waals surface area contributed by atoms with Gasteiger partial charge in [-0.15, -0.1) is 0 Å². The molecule has 43 heavy (non-hydrogen) atoms. The van der Waals surface area contributed by atoms with E-state index in [0.717, 1.165) is 70.6 Å². The van der Waals surface area contributed by atoms with E-state index in [4.69, 9.17) is 18.9 Å². The Morgan fingerprint density at radius 2 is 1.23 bits per heavy atom. The molecule has 0 saturated carbocycles. The fourth-order valence-corrected chi connectivity index (χ4v) is 4.89. The summed E-state index contributed by atoms with van der Waals surface area (Å²) in [5.74, 6) is -0.829. The Balaban J connectivity index is 2.46. The lowest BCUT2D eigenvalue weighted by Gasteiger charge is -2.39. The molecule has 1 rings (SSSR count). The van der Waals surface area contributed by atoms with Crippen LogP contribution < -0.4 is 0 Å². The molecule has 0 aromatic heterocycles. The van der Waals surface area contributed by atoms with Gasteiger partial charge in [0.1, 0.15) is 31.0 Å². The highest BCUT2D eigenvalue weighted by molar-refractivity contribution is 5.70. The number of aliphatic hydroxyl groups excluding tert-OH is 4. The Kier molecular flexibility index (Phi) is 23.6. The number of esters is 2. The van der Waals surface area contributed by atoms with Crippen LogP contribution in [0.1, 0.15) is 129 Å². The molecule has 1 fully saturated rings. The second kappa shape index (κ2) is 25.7. The first-order valence-electron chi connectivity index (χ1n) is 16.8. The molecule has 0 radical (unpaired) electrons. The zero-order chi connectivity index (χ0) is 31.7. The molecule has 0 aromatic carbocycles. The summed E-state index contributed by atoms with van der Waals surface area (Å²) in [4.78, 5) is 24.8. The molecule has 0 aromatic rings. The van der Waals surface area contributed by atoms with Crippen molar-refractivity contribution in [3.05, 3.63) is 12.2 Å². The van der Waals surface area contributed by atoms with Gasteiger partial charge in [-0.1, -0.05) is 90.2 Å². The summed E-state index contributed by atoms with van der Waals surface area (Å²) >= 11 is 0. The number of carbonyl (C=O) groups excluding carboxylic acids is 2. The lowest BCUT2D eigenvalue weighted by atomic mass is 9.99. The van der Waals surface area contributed by atoms with Gasteiger partial charge in [0, 0.05) is 12.8 Å². The van der Waals surface area contributed by atoms with Crippen LogP contribution in [0.15, 0.2) is 12.2 Å². The number of allylic oxidation sites excluding steroid dienone is 2. The van der Waals surface area contributed by atoms with Gasteiger partial charge in [0.2, 0.25) is 0 Å². The van der Waals surface area contributed by atoms with E-state index in [-0.39, 0.29) is 32.0 Å². The molecule has 1 aliphatic rings. The summed E-state index contributed by atoms with van der Waals surface area (Å²) in [7, 11) is 0. The summed E-state index contributed by atoms with van der Waals surface area (Å²) in [6, 6.07) is 0. The second-order valence-corrected chi connectivity index (χ2v) is 11.6. The Morgan fingerprint density at radius 3 is 1.86 bits per heavy atom. The van der Waals surface area contributed by atoms with Gasteiger partial charge in [0.05, 0.1) is 13.2 Å². The maximum atomic E-state index is 12.6. The first-order valence-corrected chi connectivity index (χ1v) is 16.8. The number of rotatable bonds is 26. The average Bonchev–Trinajstić information content (AvgIpc) is 3.00. The van der Waals surface area contributed by atoms with Gasteiger partial charge in [-0.3, -0.25) is 9.59 Å². The molecule has 6 atom stereocenters. The lowest BCUT2D eigenvalue weighted by molar-refractivity contribution is -0.305. The van der Waals surface area contributed by atoms with E-state index in [9.17, 15) is 30.0 Å². The summed E-state index contributed by atoms with van der Waals surface area (Å²) in [5.41, 5.74) is 0. The lowest BCUT2D eigenvalue weighted by Crippen LogP contribution is -2.59. The maximum absolute atomic E-state index is 12.6. The summed E-state index contributed by atoms with van der Waals surface area (Å²) in [6.45, 7) is 3.28. The molecule has 252 valence electrons. The molecule has 0 aliphatic carbocycles. The van der Waals surface area contributed by atoms with Crippen molar-refractivity contribution in [1.82, 2.24) is 0 Å². The van der Waals surface area contributed by atoms with Crippen LogP contribution in [-0.2, 0) is 28.5 Å². The largest absolute Gasteiger partial charge is 0.462 e. The second-order valence-electron chi connectivity index (χ2n) is 11.6. The monoisotopic (exact) mass is 616 g/mol. The predicted octanol–water partition coefficient (Wildman–Crippen LogP) is 4.88. The Hall–Kier alpha value is -1.56. The molecule has 10 heteroatoms. The normalized spacial score (nSPS) is 23.0. The standard InChI is InChI=1S/C33H60O10/c1-3-5-7-9-11-12-13-14-15-16-18-20-22-29(36)42-26(24-40-28(35)21-19-17-10-8-6-4-2)25-41-33-32(39)31(38)30(37)27(23-34)43-33/h11-12,26-27,30-34,37-39H,3-10,13-25H2,1-2H3/b12-11-. The molecular weight excluding hydrogens is 556 g/mol. The van der Waals surface area contributed by atoms with Crippen molar-refractivity contribution in [3.8, 4) is 0 Å². The quantitative estimate of drug-likeness (QED) is 0.0601. The summed E-state index contributed by atoms with van der Waals surface area (Å²) in [5, 5.41) is 39.6. The topological polar surface area (TPSA) is 152 Å². The van der Waals surface area contributed by atoms with E-state index in [1.807, 2.05) is 0 Å². The van der Waals surface area contributed by atoms with Crippen LogP contribution >= 0.6 is 0 Å². The Morgan fingerprint density at radius 1 is 0.698 bits per heavy atom. The van der Waals surface area contributed by atoms with Crippen LogP contribution in [0.3, 0.4) is 0 Å². The molecule has 1 heterocycles. The van der Waals surface area contributed by atoms with Crippen molar-refractivity contribution in [2.75, 3.05) is 19.8 Å². The highest BCUT2D eigenvalue weighted by Gasteiger charge is 2.44. The molecule has 4 N–H and O–H groups in total. The average molecular weight is 617 g/mol. The van der Waals surface area contributed by atoms with Gasteiger partial charge in [-0.05, 0) is 38.5 Å². The van der Waals surface area contributed by atoms with E-state index >= 15 is 0 Å². The van der Waals surface area contributed by atoms with Crippen molar-refractivity contribution < 1.29 is 49.0 Å². The minimum Gasteiger partial charge on any atom is -0.462 e. The number of carbonyl (C=O) groups is 2. The minimum atomic E-state index is -1.59. The highest BCUT2D eigenvalue weighted by Crippen LogP contribution is 2.22. The fourth-order valence-electron chi connectivity index (χ4n) is 4.89. The van der Waals surface area contributed by atoms with Crippen molar-refractivity contribution in [2.24, 2.45) is 0 Å². The third-order valence-electron chi connectivity index (χ3n) is 7.65. The predicted molar refractivity (Wildman–Crippen MR) is 164 cm³/mol. The van der Waals surface area contributed by atoms with Gasteiger partial charge in [0.25, 0.3) is 0 Å². The zero-order valence-corrected chi connectivity index (χ0v) is 26.7. The van der Waals surface area contributed by atoms with Crippen LogP contribution in [-0.4, -0.2) is 89.0 Å². The van der Waals surface area contributed by atoms with Gasteiger partial charge in [-0.2, -0.15) is 0 Å². The van der Waals surface area contributed by atoms with Crippen LogP contribution in [0.25, 0.3) is 0 Å². The molecule has 10 nitrogen and oxygen atoms in total. The van der Waals surface area contributed by atoms with Crippen molar-refractivity contribution in [1.29, 1.82) is 0 Å². The van der Waals surface area contributed by atoms with Gasteiger partial charge in [-0.25, -0.2) is 0 Å². The molecule has 1 aliphatic heterocycles. The highest BCUT2D eigenvalue weighted by atomic mass is 16.7. The first-order chi connectivity index (χ1) is 20.8. The number of unbranched alkanes of at least 4 members (excludes halogenated alkanes) is 13. The Labute approximate surface area is 259 Å². The van der Waals surface area contributed by atoms with E-state index < -0.39 is 49.4 Å². The van der Waals surface area contributed by atoms with Crippen molar-refractivity contribution in [2.45, 2.75) is 166 Å². The number of aliphatic hydroxyl groups is 4. The van der Waals surface area contributed by atoms with Crippen molar-refractivity contribution in [3.63, 3.8) is 0 Å². The van der Waals surface area contributed by atoms with Crippen LogP contribution in [0.4, 0.5) is 0 Å². The minimum absolute atomic E-state index is 0.218. The number of hydrogen-bond donors (Lipinski definition) is 4. The Bertz CT molecular complexity index is 728. The number of hydrogen-bond acceptors (Lipinski definition) is 10. The number of ether oxygens (including phenoxy) is 4. The molecule has 0 bridgehead atoms.